The van der Waals surface area contributed by atoms with Crippen molar-refractivity contribution in [3.8, 4) is 5.75 Å². The van der Waals surface area contributed by atoms with Crippen molar-refractivity contribution in [2.24, 2.45) is 0 Å². The quantitative estimate of drug-likeness (QED) is 0.286. The summed E-state index contributed by atoms with van der Waals surface area (Å²) in [5.41, 5.74) is 0.730. The van der Waals surface area contributed by atoms with Crippen LogP contribution in [0, 0.1) is 10.1 Å². The Morgan fingerprint density at radius 3 is 2.30 bits per heavy atom. The van der Waals surface area contributed by atoms with E-state index in [9.17, 15) is 19.7 Å². The fourth-order valence-corrected chi connectivity index (χ4v) is 2.76. The summed E-state index contributed by atoms with van der Waals surface area (Å²) in [4.78, 5) is 36.5. The number of methoxy groups -OCH3 is 1. The second-order valence-electron chi connectivity index (χ2n) is 5.50. The van der Waals surface area contributed by atoms with Crippen LogP contribution in [0.5, 0.6) is 5.75 Å². The SMILES string of the molecule is COc1ccc(N2C(=O)/C(=C\c3ccc([N+](=O)[O-])cc3)C(=O)NC2=S)cc1. The lowest BCUT2D eigenvalue weighted by molar-refractivity contribution is -0.384. The van der Waals surface area contributed by atoms with Crippen molar-refractivity contribution in [1.82, 2.24) is 5.32 Å². The maximum absolute atomic E-state index is 12.9. The minimum absolute atomic E-state index is 0.0315. The summed E-state index contributed by atoms with van der Waals surface area (Å²) in [5, 5.41) is 13.2. The zero-order chi connectivity index (χ0) is 19.6. The Morgan fingerprint density at radius 1 is 1.11 bits per heavy atom. The van der Waals surface area contributed by atoms with E-state index < -0.39 is 16.7 Å². The summed E-state index contributed by atoms with van der Waals surface area (Å²) < 4.78 is 5.09. The maximum atomic E-state index is 12.9. The van der Waals surface area contributed by atoms with Crippen LogP contribution in [-0.4, -0.2) is 29.0 Å². The molecule has 0 aliphatic carbocycles. The van der Waals surface area contributed by atoms with Crippen LogP contribution >= 0.6 is 12.2 Å². The molecular weight excluding hydrogens is 370 g/mol. The Bertz CT molecular complexity index is 967. The van der Waals surface area contributed by atoms with E-state index >= 15 is 0 Å². The van der Waals surface area contributed by atoms with Gasteiger partial charge in [0.25, 0.3) is 17.5 Å². The zero-order valence-corrected chi connectivity index (χ0v) is 14.9. The zero-order valence-electron chi connectivity index (χ0n) is 14.0. The van der Waals surface area contributed by atoms with E-state index in [1.165, 1.54) is 42.4 Å². The third kappa shape index (κ3) is 3.67. The number of amides is 2. The molecule has 8 nitrogen and oxygen atoms in total. The second kappa shape index (κ2) is 7.34. The van der Waals surface area contributed by atoms with E-state index in [4.69, 9.17) is 17.0 Å². The molecule has 0 radical (unpaired) electrons. The van der Waals surface area contributed by atoms with Crippen molar-refractivity contribution in [2.45, 2.75) is 0 Å². The number of hydrogen-bond donors (Lipinski definition) is 1. The van der Waals surface area contributed by atoms with Crippen molar-refractivity contribution in [3.05, 3.63) is 69.8 Å². The van der Waals surface area contributed by atoms with Gasteiger partial charge in [-0.05, 0) is 60.3 Å². The summed E-state index contributed by atoms with van der Waals surface area (Å²) in [6.45, 7) is 0. The number of rotatable bonds is 4. The van der Waals surface area contributed by atoms with Gasteiger partial charge in [0.2, 0.25) is 0 Å². The molecule has 0 saturated carbocycles. The van der Waals surface area contributed by atoms with Crippen molar-refractivity contribution in [2.75, 3.05) is 12.0 Å². The molecular formula is C18H13N3O5S. The molecule has 1 aliphatic rings. The van der Waals surface area contributed by atoms with E-state index in [-0.39, 0.29) is 16.4 Å². The number of carbonyl (C=O) groups is 2. The Labute approximate surface area is 159 Å². The summed E-state index contributed by atoms with van der Waals surface area (Å²) >= 11 is 5.13. The number of anilines is 1. The van der Waals surface area contributed by atoms with Gasteiger partial charge in [-0.3, -0.25) is 29.9 Å². The number of non-ortho nitro benzene ring substituents is 1. The maximum Gasteiger partial charge on any atom is 0.270 e. The van der Waals surface area contributed by atoms with Gasteiger partial charge in [0, 0.05) is 12.1 Å². The summed E-state index contributed by atoms with van der Waals surface area (Å²) in [5.74, 6) is -0.611. The molecule has 1 fully saturated rings. The number of benzene rings is 2. The first kappa shape index (κ1) is 18.2. The van der Waals surface area contributed by atoms with E-state index in [0.717, 1.165) is 0 Å². The average Bonchev–Trinajstić information content (AvgIpc) is 2.66. The molecule has 0 atom stereocenters. The molecule has 0 unspecified atom stereocenters. The molecule has 0 spiro atoms. The number of nitro groups is 1. The highest BCUT2D eigenvalue weighted by Gasteiger charge is 2.34. The molecule has 2 aromatic rings. The summed E-state index contributed by atoms with van der Waals surface area (Å²) in [7, 11) is 1.52. The van der Waals surface area contributed by atoms with Crippen molar-refractivity contribution < 1.29 is 19.2 Å². The van der Waals surface area contributed by atoms with Gasteiger partial charge >= 0.3 is 0 Å². The van der Waals surface area contributed by atoms with Crippen LogP contribution < -0.4 is 15.0 Å². The van der Waals surface area contributed by atoms with Crippen LogP contribution in [0.15, 0.2) is 54.1 Å². The van der Waals surface area contributed by atoms with Crippen molar-refractivity contribution >= 4 is 46.6 Å². The first-order chi connectivity index (χ1) is 12.9. The van der Waals surface area contributed by atoms with Gasteiger partial charge in [-0.1, -0.05) is 0 Å². The number of carbonyl (C=O) groups excluding carboxylic acids is 2. The highest BCUT2D eigenvalue weighted by atomic mass is 32.1. The number of thiocarbonyl (C=S) groups is 1. The molecule has 0 bridgehead atoms. The molecule has 1 aliphatic heterocycles. The normalized spacial score (nSPS) is 15.7. The highest BCUT2D eigenvalue weighted by molar-refractivity contribution is 7.80. The molecule has 1 heterocycles. The molecule has 1 saturated heterocycles. The number of nitro benzene ring substituents is 1. The molecule has 27 heavy (non-hydrogen) atoms. The van der Waals surface area contributed by atoms with Gasteiger partial charge in [0.15, 0.2) is 5.11 Å². The predicted molar refractivity (Wildman–Crippen MR) is 102 cm³/mol. The topological polar surface area (TPSA) is 102 Å². The monoisotopic (exact) mass is 383 g/mol. The Balaban J connectivity index is 1.95. The summed E-state index contributed by atoms with van der Waals surface area (Å²) in [6.07, 6.45) is 1.36. The average molecular weight is 383 g/mol. The molecule has 0 aromatic heterocycles. The lowest BCUT2D eigenvalue weighted by Gasteiger charge is -2.29. The van der Waals surface area contributed by atoms with Gasteiger partial charge < -0.3 is 4.74 Å². The lowest BCUT2D eigenvalue weighted by Crippen LogP contribution is -2.54. The fourth-order valence-electron chi connectivity index (χ4n) is 2.48. The molecule has 136 valence electrons. The first-order valence-electron chi connectivity index (χ1n) is 7.70. The smallest absolute Gasteiger partial charge is 0.270 e. The van der Waals surface area contributed by atoms with Gasteiger partial charge in [0.1, 0.15) is 11.3 Å². The van der Waals surface area contributed by atoms with Crippen LogP contribution in [0.25, 0.3) is 6.08 Å². The van der Waals surface area contributed by atoms with Crippen LogP contribution in [0.1, 0.15) is 5.56 Å². The van der Waals surface area contributed by atoms with Gasteiger partial charge in [0.05, 0.1) is 17.7 Å². The fraction of sp³-hybridized carbons (Fsp3) is 0.0556. The van der Waals surface area contributed by atoms with Gasteiger partial charge in [-0.25, -0.2) is 0 Å². The number of hydrogen-bond acceptors (Lipinski definition) is 6. The van der Waals surface area contributed by atoms with E-state index in [1.807, 2.05) is 0 Å². The van der Waals surface area contributed by atoms with Gasteiger partial charge in [-0.15, -0.1) is 0 Å². The minimum Gasteiger partial charge on any atom is -0.497 e. The number of nitrogens with one attached hydrogen (secondary N) is 1. The first-order valence-corrected chi connectivity index (χ1v) is 8.11. The molecule has 3 rings (SSSR count). The molecule has 9 heteroatoms. The lowest BCUT2D eigenvalue weighted by atomic mass is 10.1. The Morgan fingerprint density at radius 2 is 1.74 bits per heavy atom. The number of ether oxygens (including phenoxy) is 1. The van der Waals surface area contributed by atoms with Crippen LogP contribution in [0.2, 0.25) is 0 Å². The van der Waals surface area contributed by atoms with Crippen LogP contribution in [0.4, 0.5) is 11.4 Å². The van der Waals surface area contributed by atoms with E-state index in [2.05, 4.69) is 5.32 Å². The van der Waals surface area contributed by atoms with Crippen LogP contribution in [0.3, 0.4) is 0 Å². The number of nitrogens with zero attached hydrogens (tertiary/aromatic N) is 2. The summed E-state index contributed by atoms with van der Waals surface area (Å²) in [6, 6.07) is 12.1. The second-order valence-corrected chi connectivity index (χ2v) is 5.89. The van der Waals surface area contributed by atoms with E-state index in [0.29, 0.717) is 17.0 Å². The molecule has 2 aromatic carbocycles. The molecule has 2 amide bonds. The molecule has 1 N–H and O–H groups in total. The van der Waals surface area contributed by atoms with Crippen LogP contribution in [-0.2, 0) is 9.59 Å². The van der Waals surface area contributed by atoms with Crippen molar-refractivity contribution in [1.29, 1.82) is 0 Å². The van der Waals surface area contributed by atoms with Crippen molar-refractivity contribution in [3.63, 3.8) is 0 Å². The van der Waals surface area contributed by atoms with E-state index in [1.54, 1.807) is 24.3 Å². The largest absolute Gasteiger partial charge is 0.497 e. The standard InChI is InChI=1S/C18H13N3O5S/c1-26-14-8-6-12(7-9-14)20-17(23)15(16(22)19-18(20)27)10-11-2-4-13(5-3-11)21(24)25/h2-10H,1H3,(H,19,22,27)/b15-10-. The minimum atomic E-state index is -0.631. The third-order valence-electron chi connectivity index (χ3n) is 3.85. The predicted octanol–water partition coefficient (Wildman–Crippen LogP) is 2.43. The van der Waals surface area contributed by atoms with Gasteiger partial charge in [-0.2, -0.15) is 0 Å². The Hall–Kier alpha value is -3.59. The third-order valence-corrected chi connectivity index (χ3v) is 4.13. The highest BCUT2D eigenvalue weighted by Crippen LogP contribution is 2.24. The Kier molecular flexibility index (Phi) is 4.95.